The SMILES string of the molecule is CCCC(CC)COC1=NC(C2=CC3CCCCC3C3C=CC=CC23)NC(C2C=CC(O)=CC2O)N1. The first kappa shape index (κ1) is 25.3. The lowest BCUT2D eigenvalue weighted by molar-refractivity contribution is 0.122. The molecular weight excluding hydrogens is 450 g/mol. The summed E-state index contributed by atoms with van der Waals surface area (Å²) in [6.45, 7) is 5.06. The Bertz CT molecular complexity index is 964. The smallest absolute Gasteiger partial charge is 0.287 e. The van der Waals surface area contributed by atoms with E-state index < -0.39 is 6.10 Å². The van der Waals surface area contributed by atoms with Gasteiger partial charge in [-0.05, 0) is 60.7 Å². The molecule has 1 aliphatic heterocycles. The maximum absolute atomic E-state index is 10.8. The summed E-state index contributed by atoms with van der Waals surface area (Å²) < 4.78 is 6.30. The van der Waals surface area contributed by atoms with Gasteiger partial charge in [-0.3, -0.25) is 5.32 Å². The lowest BCUT2D eigenvalue weighted by Crippen LogP contribution is -2.61. The van der Waals surface area contributed by atoms with Gasteiger partial charge in [0.2, 0.25) is 0 Å². The Morgan fingerprint density at radius 1 is 1.08 bits per heavy atom. The Balaban J connectivity index is 1.43. The van der Waals surface area contributed by atoms with E-state index in [4.69, 9.17) is 9.73 Å². The van der Waals surface area contributed by atoms with E-state index in [-0.39, 0.29) is 24.0 Å². The summed E-state index contributed by atoms with van der Waals surface area (Å²) in [5, 5.41) is 27.7. The van der Waals surface area contributed by atoms with E-state index in [2.05, 4.69) is 54.9 Å². The molecule has 4 aliphatic carbocycles. The molecular formula is C30H43N3O3. The third-order valence-corrected chi connectivity index (χ3v) is 8.86. The van der Waals surface area contributed by atoms with Gasteiger partial charge in [-0.1, -0.05) is 76.0 Å². The average Bonchev–Trinajstić information content (AvgIpc) is 2.90. The molecule has 9 unspecified atom stereocenters. The van der Waals surface area contributed by atoms with Gasteiger partial charge in [0.15, 0.2) is 0 Å². The second-order valence-electron chi connectivity index (χ2n) is 11.2. The van der Waals surface area contributed by atoms with Crippen molar-refractivity contribution in [2.24, 2.45) is 40.5 Å². The molecule has 0 amide bonds. The van der Waals surface area contributed by atoms with Crippen molar-refractivity contribution < 1.29 is 14.9 Å². The Labute approximate surface area is 216 Å². The third kappa shape index (κ3) is 5.35. The highest BCUT2D eigenvalue weighted by atomic mass is 16.5. The number of aliphatic hydroxyl groups excluding tert-OH is 2. The number of nitrogens with zero attached hydrogens (tertiary/aromatic N) is 1. The van der Waals surface area contributed by atoms with Crippen LogP contribution in [0.4, 0.5) is 0 Å². The molecule has 1 fully saturated rings. The molecule has 0 aromatic carbocycles. The summed E-state index contributed by atoms with van der Waals surface area (Å²) in [5.41, 5.74) is 1.32. The summed E-state index contributed by atoms with van der Waals surface area (Å²) in [6, 6.07) is 0.552. The van der Waals surface area contributed by atoms with Gasteiger partial charge in [0.05, 0.1) is 18.9 Å². The normalized spacial score (nSPS) is 38.1. The number of amidine groups is 1. The number of nitrogens with one attached hydrogen (secondary N) is 2. The van der Waals surface area contributed by atoms with Crippen LogP contribution in [0.1, 0.15) is 58.8 Å². The largest absolute Gasteiger partial charge is 0.508 e. The summed E-state index contributed by atoms with van der Waals surface area (Å²) in [6.07, 6.45) is 24.0. The monoisotopic (exact) mass is 493 g/mol. The van der Waals surface area contributed by atoms with Crippen molar-refractivity contribution in [3.8, 4) is 0 Å². The highest BCUT2D eigenvalue weighted by Crippen LogP contribution is 2.48. The third-order valence-electron chi connectivity index (χ3n) is 8.86. The van der Waals surface area contributed by atoms with Crippen molar-refractivity contribution in [1.29, 1.82) is 0 Å². The molecule has 0 aromatic rings. The van der Waals surface area contributed by atoms with Gasteiger partial charge < -0.3 is 20.3 Å². The van der Waals surface area contributed by atoms with Gasteiger partial charge in [0, 0.05) is 11.8 Å². The molecule has 5 rings (SSSR count). The number of hydrogen-bond acceptors (Lipinski definition) is 6. The number of ether oxygens (including phenoxy) is 1. The fourth-order valence-corrected chi connectivity index (χ4v) is 6.85. The zero-order valence-corrected chi connectivity index (χ0v) is 21.7. The van der Waals surface area contributed by atoms with E-state index in [9.17, 15) is 10.2 Å². The number of hydrogen-bond donors (Lipinski definition) is 4. The van der Waals surface area contributed by atoms with E-state index >= 15 is 0 Å². The Morgan fingerprint density at radius 3 is 2.72 bits per heavy atom. The van der Waals surface area contributed by atoms with Crippen LogP contribution in [0, 0.1) is 35.5 Å². The van der Waals surface area contributed by atoms with Crippen molar-refractivity contribution in [3.05, 3.63) is 59.9 Å². The van der Waals surface area contributed by atoms with Crippen LogP contribution in [0.5, 0.6) is 0 Å². The minimum absolute atomic E-state index is 0.0990. The van der Waals surface area contributed by atoms with E-state index in [0.717, 1.165) is 19.3 Å². The summed E-state index contributed by atoms with van der Waals surface area (Å²) in [7, 11) is 0. The minimum Gasteiger partial charge on any atom is -0.508 e. The molecule has 196 valence electrons. The zero-order valence-electron chi connectivity index (χ0n) is 21.7. The van der Waals surface area contributed by atoms with Crippen molar-refractivity contribution >= 4 is 6.02 Å². The molecule has 5 aliphatic rings. The van der Waals surface area contributed by atoms with E-state index in [0.29, 0.717) is 42.2 Å². The molecule has 4 N–H and O–H groups in total. The number of fused-ring (bicyclic) bond motifs is 3. The number of allylic oxidation sites excluding steroid dienone is 6. The predicted octanol–water partition coefficient (Wildman–Crippen LogP) is 5.12. The molecule has 6 nitrogen and oxygen atoms in total. The highest BCUT2D eigenvalue weighted by molar-refractivity contribution is 5.75. The van der Waals surface area contributed by atoms with E-state index in [1.54, 1.807) is 6.08 Å². The van der Waals surface area contributed by atoms with E-state index in [1.165, 1.54) is 37.3 Å². The van der Waals surface area contributed by atoms with Crippen LogP contribution in [0.25, 0.3) is 0 Å². The molecule has 1 saturated carbocycles. The minimum atomic E-state index is -0.795. The fourth-order valence-electron chi connectivity index (χ4n) is 6.85. The van der Waals surface area contributed by atoms with Gasteiger partial charge in [0.1, 0.15) is 11.9 Å². The summed E-state index contributed by atoms with van der Waals surface area (Å²) in [5.74, 6) is 2.50. The van der Waals surface area contributed by atoms with Gasteiger partial charge in [0.25, 0.3) is 6.02 Å². The second kappa shape index (κ2) is 11.4. The maximum Gasteiger partial charge on any atom is 0.287 e. The van der Waals surface area contributed by atoms with Crippen LogP contribution in [-0.4, -0.2) is 41.3 Å². The van der Waals surface area contributed by atoms with Crippen LogP contribution in [0.3, 0.4) is 0 Å². The molecule has 0 spiro atoms. The van der Waals surface area contributed by atoms with Crippen molar-refractivity contribution in [2.75, 3.05) is 6.61 Å². The first-order chi connectivity index (χ1) is 17.6. The summed E-state index contributed by atoms with van der Waals surface area (Å²) >= 11 is 0. The lowest BCUT2D eigenvalue weighted by Gasteiger charge is -2.46. The van der Waals surface area contributed by atoms with Crippen LogP contribution in [0.15, 0.2) is 64.9 Å². The van der Waals surface area contributed by atoms with Crippen LogP contribution >= 0.6 is 0 Å². The molecule has 1 heterocycles. The Hall–Kier alpha value is -2.31. The maximum atomic E-state index is 10.8. The van der Waals surface area contributed by atoms with Crippen LogP contribution in [-0.2, 0) is 4.74 Å². The zero-order chi connectivity index (χ0) is 25.1. The Kier molecular flexibility index (Phi) is 8.02. The van der Waals surface area contributed by atoms with Gasteiger partial charge in [-0.15, -0.1) is 0 Å². The van der Waals surface area contributed by atoms with E-state index in [1.807, 2.05) is 6.08 Å². The molecule has 0 radical (unpaired) electrons. The quantitative estimate of drug-likeness (QED) is 0.370. The predicted molar refractivity (Wildman–Crippen MR) is 144 cm³/mol. The average molecular weight is 494 g/mol. The fraction of sp³-hybridized carbons (Fsp3) is 0.633. The standard InChI is InChI=1S/C30H43N3O3/c1-3-9-19(4-2)18-36-30-32-28(25-15-14-21(34)17-27(25)35)31-29(33-30)26-16-20-10-5-6-11-22(20)23-12-7-8-13-24(23)26/h7-8,12-17,19-20,22-25,27-29,31,34-35H,3-6,9-11,18H2,1-2H3,(H,32,33). The molecule has 0 saturated heterocycles. The first-order valence-electron chi connectivity index (χ1n) is 14.1. The molecule has 6 heteroatoms. The number of rotatable bonds is 7. The van der Waals surface area contributed by atoms with Gasteiger partial charge >= 0.3 is 0 Å². The molecule has 0 bridgehead atoms. The highest BCUT2D eigenvalue weighted by Gasteiger charge is 2.43. The van der Waals surface area contributed by atoms with Crippen LogP contribution in [0.2, 0.25) is 0 Å². The topological polar surface area (TPSA) is 86.1 Å². The number of aliphatic imine (C=N–C) groups is 1. The lowest BCUT2D eigenvalue weighted by atomic mass is 9.61. The van der Waals surface area contributed by atoms with Gasteiger partial charge in [-0.25, -0.2) is 4.99 Å². The van der Waals surface area contributed by atoms with Crippen LogP contribution < -0.4 is 10.6 Å². The molecule has 9 atom stereocenters. The first-order valence-corrected chi connectivity index (χ1v) is 14.1. The Morgan fingerprint density at radius 2 is 1.92 bits per heavy atom. The molecule has 36 heavy (non-hydrogen) atoms. The van der Waals surface area contributed by atoms with Crippen molar-refractivity contribution in [1.82, 2.24) is 10.6 Å². The second-order valence-corrected chi connectivity index (χ2v) is 11.2. The summed E-state index contributed by atoms with van der Waals surface area (Å²) in [4.78, 5) is 5.06. The van der Waals surface area contributed by atoms with Crippen molar-refractivity contribution in [2.45, 2.75) is 77.2 Å². The number of aliphatic hydroxyl groups is 2. The van der Waals surface area contributed by atoms with Gasteiger partial charge in [-0.2, -0.15) is 0 Å². The van der Waals surface area contributed by atoms with Crippen molar-refractivity contribution in [3.63, 3.8) is 0 Å². The molecule has 0 aromatic heterocycles.